The molecule has 0 saturated carbocycles. The monoisotopic (exact) mass is 413 g/mol. The molecule has 0 radical (unpaired) electrons. The van der Waals surface area contributed by atoms with Crippen LogP contribution in [0.4, 0.5) is 0 Å². The molecule has 1 N–H and O–H groups in total. The highest BCUT2D eigenvalue weighted by Crippen LogP contribution is 2.22. The van der Waals surface area contributed by atoms with Crippen molar-refractivity contribution in [1.82, 2.24) is 14.8 Å². The Morgan fingerprint density at radius 3 is 2.27 bits per heavy atom. The quantitative estimate of drug-likeness (QED) is 0.737. The van der Waals surface area contributed by atoms with Gasteiger partial charge in [-0.15, -0.1) is 0 Å². The third-order valence-electron chi connectivity index (χ3n) is 5.42. The van der Waals surface area contributed by atoms with E-state index >= 15 is 0 Å². The summed E-state index contributed by atoms with van der Waals surface area (Å²) < 4.78 is 10.5. The van der Waals surface area contributed by atoms with E-state index < -0.39 is 0 Å². The van der Waals surface area contributed by atoms with Crippen molar-refractivity contribution in [3.63, 3.8) is 0 Å². The Kier molecular flexibility index (Phi) is 6.82. The topological polar surface area (TPSA) is 74.9 Å². The average molecular weight is 414 g/mol. The third kappa shape index (κ3) is 4.84. The second-order valence-corrected chi connectivity index (χ2v) is 8.00. The fraction of sp³-hybridized carbons (Fsp3) is 0.478. The molecule has 0 atom stereocenters. The van der Waals surface area contributed by atoms with Gasteiger partial charge < -0.3 is 19.4 Å². The molecule has 1 amide bonds. The molecular formula is C23H31N3O4. The number of hydrogen-bond donors (Lipinski definition) is 1. The molecule has 1 aliphatic rings. The van der Waals surface area contributed by atoms with Gasteiger partial charge in [-0.05, 0) is 51.0 Å². The molecule has 7 heteroatoms. The van der Waals surface area contributed by atoms with Gasteiger partial charge >= 0.3 is 5.97 Å². The van der Waals surface area contributed by atoms with Crippen LogP contribution < -0.4 is 4.74 Å². The smallest absolute Gasteiger partial charge is 0.340 e. The van der Waals surface area contributed by atoms with Crippen molar-refractivity contribution < 1.29 is 19.1 Å². The van der Waals surface area contributed by atoms with E-state index in [2.05, 4.69) is 22.0 Å². The zero-order chi connectivity index (χ0) is 21.8. The number of benzene rings is 1. The number of aryl methyl sites for hydroxylation is 1. The molecule has 2 aromatic rings. The van der Waals surface area contributed by atoms with Crippen molar-refractivity contribution in [1.29, 1.82) is 0 Å². The normalized spacial score (nSPS) is 14.8. The number of hydrogen-bond acceptors (Lipinski definition) is 5. The van der Waals surface area contributed by atoms with Gasteiger partial charge in [0.05, 0.1) is 18.8 Å². The summed E-state index contributed by atoms with van der Waals surface area (Å²) in [5.74, 6) is 0.394. The number of carbonyl (C=O) groups is 2. The summed E-state index contributed by atoms with van der Waals surface area (Å²) in [6.45, 7) is 11.0. The molecule has 1 aromatic carbocycles. The standard InChI is InChI=1S/C23H31N3O4/c1-15(2)30-23(28)20-16(3)21(24-17(20)4)22(27)26-12-10-25(11-13-26)14-18-6-8-19(29-5)9-7-18/h6-9,15,24H,10-14H2,1-5H3. The number of esters is 1. The van der Waals surface area contributed by atoms with Gasteiger partial charge in [0, 0.05) is 38.4 Å². The second-order valence-electron chi connectivity index (χ2n) is 8.00. The van der Waals surface area contributed by atoms with E-state index in [0.29, 0.717) is 35.6 Å². The summed E-state index contributed by atoms with van der Waals surface area (Å²) >= 11 is 0. The van der Waals surface area contributed by atoms with Gasteiger partial charge in [0.25, 0.3) is 5.91 Å². The predicted molar refractivity (Wildman–Crippen MR) is 115 cm³/mol. The Hall–Kier alpha value is -2.80. The molecule has 0 bridgehead atoms. The SMILES string of the molecule is COc1ccc(CN2CCN(C(=O)c3[nH]c(C)c(C(=O)OC(C)C)c3C)CC2)cc1. The van der Waals surface area contributed by atoms with Crippen LogP contribution in [0.1, 0.15) is 51.5 Å². The van der Waals surface area contributed by atoms with Crippen LogP contribution in [0.15, 0.2) is 24.3 Å². The molecule has 2 heterocycles. The van der Waals surface area contributed by atoms with Crippen LogP contribution in [0.3, 0.4) is 0 Å². The maximum atomic E-state index is 13.1. The van der Waals surface area contributed by atoms with E-state index in [-0.39, 0.29) is 18.0 Å². The van der Waals surface area contributed by atoms with Crippen LogP contribution in [-0.4, -0.2) is 66.1 Å². The highest BCUT2D eigenvalue weighted by atomic mass is 16.5. The van der Waals surface area contributed by atoms with E-state index in [9.17, 15) is 9.59 Å². The molecule has 7 nitrogen and oxygen atoms in total. The van der Waals surface area contributed by atoms with E-state index in [0.717, 1.165) is 25.4 Å². The van der Waals surface area contributed by atoms with Gasteiger partial charge in [-0.3, -0.25) is 9.69 Å². The number of nitrogens with one attached hydrogen (secondary N) is 1. The summed E-state index contributed by atoms with van der Waals surface area (Å²) in [6, 6.07) is 8.07. The lowest BCUT2D eigenvalue weighted by Crippen LogP contribution is -2.48. The first-order valence-corrected chi connectivity index (χ1v) is 10.3. The number of amides is 1. The Morgan fingerprint density at radius 1 is 1.07 bits per heavy atom. The van der Waals surface area contributed by atoms with Gasteiger partial charge in [-0.2, -0.15) is 0 Å². The van der Waals surface area contributed by atoms with E-state index in [1.165, 1.54) is 5.56 Å². The third-order valence-corrected chi connectivity index (χ3v) is 5.42. The Balaban J connectivity index is 1.61. The van der Waals surface area contributed by atoms with Crippen LogP contribution in [0.5, 0.6) is 5.75 Å². The molecule has 30 heavy (non-hydrogen) atoms. The number of aromatic amines is 1. The van der Waals surface area contributed by atoms with Crippen LogP contribution in [-0.2, 0) is 11.3 Å². The molecule has 0 unspecified atom stereocenters. The largest absolute Gasteiger partial charge is 0.497 e. The molecule has 1 saturated heterocycles. The minimum Gasteiger partial charge on any atom is -0.497 e. The van der Waals surface area contributed by atoms with Crippen molar-refractivity contribution in [2.45, 2.75) is 40.3 Å². The lowest BCUT2D eigenvalue weighted by molar-refractivity contribution is 0.0376. The Bertz CT molecular complexity index is 894. The van der Waals surface area contributed by atoms with Gasteiger partial charge in [-0.1, -0.05) is 12.1 Å². The predicted octanol–water partition coefficient (Wildman–Crippen LogP) is 3.16. The van der Waals surface area contributed by atoms with Crippen molar-refractivity contribution in [3.8, 4) is 5.75 Å². The number of aromatic nitrogens is 1. The molecule has 3 rings (SSSR count). The van der Waals surface area contributed by atoms with Crippen LogP contribution in [0, 0.1) is 13.8 Å². The first-order valence-electron chi connectivity index (χ1n) is 10.3. The fourth-order valence-corrected chi connectivity index (χ4v) is 3.80. The van der Waals surface area contributed by atoms with Gasteiger partial charge in [-0.25, -0.2) is 4.79 Å². The molecule has 0 spiro atoms. The van der Waals surface area contributed by atoms with Crippen molar-refractivity contribution in [3.05, 3.63) is 52.3 Å². The number of ether oxygens (including phenoxy) is 2. The zero-order valence-corrected chi connectivity index (χ0v) is 18.4. The maximum absolute atomic E-state index is 13.1. The lowest BCUT2D eigenvalue weighted by atomic mass is 10.1. The Labute approximate surface area is 178 Å². The first-order chi connectivity index (χ1) is 14.3. The zero-order valence-electron chi connectivity index (χ0n) is 18.4. The summed E-state index contributed by atoms with van der Waals surface area (Å²) in [7, 11) is 1.66. The summed E-state index contributed by atoms with van der Waals surface area (Å²) in [5, 5.41) is 0. The summed E-state index contributed by atoms with van der Waals surface area (Å²) in [5.41, 5.74) is 3.49. The maximum Gasteiger partial charge on any atom is 0.340 e. The number of rotatable bonds is 6. The molecule has 1 aliphatic heterocycles. The fourth-order valence-electron chi connectivity index (χ4n) is 3.80. The summed E-state index contributed by atoms with van der Waals surface area (Å²) in [6.07, 6.45) is -0.205. The number of nitrogens with zero attached hydrogens (tertiary/aromatic N) is 2. The minimum atomic E-state index is -0.389. The van der Waals surface area contributed by atoms with Gasteiger partial charge in [0.2, 0.25) is 0 Å². The summed E-state index contributed by atoms with van der Waals surface area (Å²) in [4.78, 5) is 32.8. The van der Waals surface area contributed by atoms with Gasteiger partial charge in [0.15, 0.2) is 0 Å². The van der Waals surface area contributed by atoms with Crippen molar-refractivity contribution >= 4 is 11.9 Å². The van der Waals surface area contributed by atoms with E-state index in [1.807, 2.05) is 30.9 Å². The molecule has 1 fully saturated rings. The first kappa shape index (κ1) is 21.9. The van der Waals surface area contributed by atoms with Crippen LogP contribution >= 0.6 is 0 Å². The van der Waals surface area contributed by atoms with Crippen molar-refractivity contribution in [2.24, 2.45) is 0 Å². The molecule has 0 aliphatic carbocycles. The Morgan fingerprint density at radius 2 is 1.70 bits per heavy atom. The highest BCUT2D eigenvalue weighted by molar-refractivity contribution is 6.00. The average Bonchev–Trinajstić information content (AvgIpc) is 3.02. The van der Waals surface area contributed by atoms with E-state index in [4.69, 9.17) is 9.47 Å². The highest BCUT2D eigenvalue weighted by Gasteiger charge is 2.28. The van der Waals surface area contributed by atoms with Crippen LogP contribution in [0.25, 0.3) is 0 Å². The molecule has 162 valence electrons. The lowest BCUT2D eigenvalue weighted by Gasteiger charge is -2.34. The second kappa shape index (κ2) is 9.34. The van der Waals surface area contributed by atoms with E-state index in [1.54, 1.807) is 21.0 Å². The van der Waals surface area contributed by atoms with Crippen LogP contribution in [0.2, 0.25) is 0 Å². The number of methoxy groups -OCH3 is 1. The number of H-pyrrole nitrogens is 1. The molecule has 1 aromatic heterocycles. The van der Waals surface area contributed by atoms with Crippen molar-refractivity contribution in [2.75, 3.05) is 33.3 Å². The molecular weight excluding hydrogens is 382 g/mol. The minimum absolute atomic E-state index is 0.0664. The number of carbonyl (C=O) groups excluding carboxylic acids is 2. The number of piperazine rings is 1. The van der Waals surface area contributed by atoms with Gasteiger partial charge in [0.1, 0.15) is 11.4 Å².